The molecule has 6 heteroatoms. The highest BCUT2D eigenvalue weighted by molar-refractivity contribution is 7.15. The summed E-state index contributed by atoms with van der Waals surface area (Å²) in [6.07, 6.45) is 3.12. The van der Waals surface area contributed by atoms with Gasteiger partial charge in [0, 0.05) is 37.3 Å². The van der Waals surface area contributed by atoms with E-state index >= 15 is 0 Å². The van der Waals surface area contributed by atoms with Crippen molar-refractivity contribution in [3.63, 3.8) is 0 Å². The summed E-state index contributed by atoms with van der Waals surface area (Å²) < 4.78 is 2.00. The van der Waals surface area contributed by atoms with Crippen LogP contribution in [0.15, 0.2) is 11.6 Å². The molecule has 1 unspecified atom stereocenters. The molecule has 0 saturated carbocycles. The van der Waals surface area contributed by atoms with Crippen molar-refractivity contribution in [1.82, 2.24) is 14.3 Å². The molecule has 5 nitrogen and oxygen atoms in total. The summed E-state index contributed by atoms with van der Waals surface area (Å²) in [5.74, 6) is 0.959. The lowest BCUT2D eigenvalue weighted by Gasteiger charge is -2.39. The molecule has 2 aromatic heterocycles. The summed E-state index contributed by atoms with van der Waals surface area (Å²) in [6, 6.07) is 0.569. The van der Waals surface area contributed by atoms with Gasteiger partial charge in [0.2, 0.25) is 0 Å². The highest BCUT2D eigenvalue weighted by Crippen LogP contribution is 2.26. The normalized spacial score (nSPS) is 21.4. The van der Waals surface area contributed by atoms with E-state index in [1.54, 1.807) is 11.3 Å². The molecule has 2 aromatic rings. The van der Waals surface area contributed by atoms with E-state index in [9.17, 15) is 5.11 Å². The van der Waals surface area contributed by atoms with Gasteiger partial charge in [-0.15, -0.1) is 11.3 Å². The lowest BCUT2D eigenvalue weighted by molar-refractivity contribution is 0.212. The van der Waals surface area contributed by atoms with E-state index in [2.05, 4.69) is 28.8 Å². The molecule has 0 spiro atoms. The number of thiazole rings is 1. The van der Waals surface area contributed by atoms with Crippen molar-refractivity contribution >= 4 is 22.1 Å². The summed E-state index contributed by atoms with van der Waals surface area (Å²) in [7, 11) is 2.18. The second kappa shape index (κ2) is 5.11. The van der Waals surface area contributed by atoms with Crippen LogP contribution in [0.5, 0.6) is 0 Å². The first-order valence-electron chi connectivity index (χ1n) is 6.75. The Labute approximate surface area is 117 Å². The molecule has 0 aliphatic carbocycles. The zero-order valence-corrected chi connectivity index (χ0v) is 12.2. The Kier molecular flexibility index (Phi) is 3.47. The van der Waals surface area contributed by atoms with Crippen molar-refractivity contribution < 1.29 is 5.11 Å². The van der Waals surface area contributed by atoms with Gasteiger partial charge in [-0.05, 0) is 13.5 Å². The number of hydrogen-bond donors (Lipinski definition) is 1. The lowest BCUT2D eigenvalue weighted by Crippen LogP contribution is -2.51. The predicted octanol–water partition coefficient (Wildman–Crippen LogP) is 1.42. The van der Waals surface area contributed by atoms with Crippen molar-refractivity contribution in [3.05, 3.63) is 17.3 Å². The average Bonchev–Trinajstić information content (AvgIpc) is 2.99. The van der Waals surface area contributed by atoms with Gasteiger partial charge in [-0.2, -0.15) is 0 Å². The van der Waals surface area contributed by atoms with Gasteiger partial charge in [0.05, 0.1) is 12.3 Å². The van der Waals surface area contributed by atoms with Gasteiger partial charge >= 0.3 is 0 Å². The molecular formula is C13H20N4OS. The zero-order valence-electron chi connectivity index (χ0n) is 11.4. The number of aliphatic hydroxyl groups excluding tert-OH is 1. The van der Waals surface area contributed by atoms with Crippen LogP contribution in [-0.2, 0) is 6.61 Å². The summed E-state index contributed by atoms with van der Waals surface area (Å²) in [4.78, 5) is 10.4. The van der Waals surface area contributed by atoms with Crippen LogP contribution in [0.4, 0.5) is 5.82 Å². The molecule has 1 saturated heterocycles. The van der Waals surface area contributed by atoms with E-state index in [0.717, 1.165) is 42.5 Å². The highest BCUT2D eigenvalue weighted by Gasteiger charge is 2.26. The van der Waals surface area contributed by atoms with Gasteiger partial charge < -0.3 is 10.0 Å². The predicted molar refractivity (Wildman–Crippen MR) is 77.9 cm³/mol. The molecule has 0 bridgehead atoms. The van der Waals surface area contributed by atoms with E-state index in [0.29, 0.717) is 6.04 Å². The lowest BCUT2D eigenvalue weighted by atomic mass is 10.1. The van der Waals surface area contributed by atoms with Crippen LogP contribution in [0.25, 0.3) is 4.96 Å². The molecule has 19 heavy (non-hydrogen) atoms. The van der Waals surface area contributed by atoms with Crippen LogP contribution in [0.3, 0.4) is 0 Å². The monoisotopic (exact) mass is 280 g/mol. The Bertz CT molecular complexity index is 564. The van der Waals surface area contributed by atoms with Crippen molar-refractivity contribution in [2.75, 3.05) is 31.6 Å². The molecule has 1 fully saturated rings. The first-order chi connectivity index (χ1) is 9.24. The minimum absolute atomic E-state index is 0.0381. The number of aliphatic hydroxyl groups is 1. The second-order valence-electron chi connectivity index (χ2n) is 5.08. The molecule has 0 amide bonds. The number of piperazine rings is 1. The molecule has 1 N–H and O–H groups in total. The smallest absolute Gasteiger partial charge is 0.195 e. The van der Waals surface area contributed by atoms with Crippen LogP contribution in [0.1, 0.15) is 19.0 Å². The maximum Gasteiger partial charge on any atom is 0.195 e. The fraction of sp³-hybridized carbons (Fsp3) is 0.615. The number of fused-ring (bicyclic) bond motifs is 1. The third kappa shape index (κ3) is 2.13. The third-order valence-corrected chi connectivity index (χ3v) is 4.79. The molecule has 0 aromatic carbocycles. The Morgan fingerprint density at radius 1 is 1.47 bits per heavy atom. The highest BCUT2D eigenvalue weighted by atomic mass is 32.1. The SMILES string of the molecule is CCC1CN(c2nc3sccn3c2CO)CCN1C. The van der Waals surface area contributed by atoms with Crippen LogP contribution >= 0.6 is 11.3 Å². The molecule has 3 rings (SSSR count). The van der Waals surface area contributed by atoms with E-state index in [1.165, 1.54) is 0 Å². The Balaban J connectivity index is 1.93. The number of rotatable bonds is 3. The van der Waals surface area contributed by atoms with Crippen molar-refractivity contribution in [1.29, 1.82) is 0 Å². The minimum atomic E-state index is 0.0381. The van der Waals surface area contributed by atoms with Gasteiger partial charge in [-0.3, -0.25) is 9.30 Å². The summed E-state index contributed by atoms with van der Waals surface area (Å²) in [6.45, 7) is 5.28. The standard InChI is InChI=1S/C13H20N4OS/c1-3-10-8-16(5-4-15(10)2)12-11(9-18)17-6-7-19-13(17)14-12/h6-7,10,18H,3-5,8-9H2,1-2H3. The maximum absolute atomic E-state index is 9.64. The summed E-state index contributed by atoms with van der Waals surface area (Å²) in [5.41, 5.74) is 0.913. The molecular weight excluding hydrogens is 260 g/mol. The molecule has 0 radical (unpaired) electrons. The Morgan fingerprint density at radius 2 is 2.32 bits per heavy atom. The van der Waals surface area contributed by atoms with Crippen LogP contribution in [0.2, 0.25) is 0 Å². The summed E-state index contributed by atoms with van der Waals surface area (Å²) >= 11 is 1.61. The first kappa shape index (κ1) is 12.9. The van der Waals surface area contributed by atoms with E-state index < -0.39 is 0 Å². The number of nitrogens with zero attached hydrogens (tertiary/aromatic N) is 4. The Morgan fingerprint density at radius 3 is 3.05 bits per heavy atom. The number of hydrogen-bond acceptors (Lipinski definition) is 5. The molecule has 1 aliphatic heterocycles. The van der Waals surface area contributed by atoms with E-state index in [-0.39, 0.29) is 6.61 Å². The van der Waals surface area contributed by atoms with Gasteiger partial charge in [0.15, 0.2) is 10.8 Å². The number of imidazole rings is 1. The van der Waals surface area contributed by atoms with Crippen LogP contribution in [-0.4, -0.2) is 52.1 Å². The third-order valence-electron chi connectivity index (χ3n) is 4.04. The molecule has 1 aliphatic rings. The largest absolute Gasteiger partial charge is 0.390 e. The molecule has 104 valence electrons. The number of anilines is 1. The zero-order chi connectivity index (χ0) is 13.4. The fourth-order valence-corrected chi connectivity index (χ4v) is 3.53. The fourth-order valence-electron chi connectivity index (χ4n) is 2.80. The van der Waals surface area contributed by atoms with E-state index in [4.69, 9.17) is 0 Å². The van der Waals surface area contributed by atoms with Crippen LogP contribution < -0.4 is 4.90 Å². The van der Waals surface area contributed by atoms with Gasteiger partial charge in [0.25, 0.3) is 0 Å². The van der Waals surface area contributed by atoms with Gasteiger partial charge in [-0.25, -0.2) is 4.98 Å². The summed E-state index contributed by atoms with van der Waals surface area (Å²) in [5, 5.41) is 11.6. The quantitative estimate of drug-likeness (QED) is 0.923. The van der Waals surface area contributed by atoms with Crippen molar-refractivity contribution in [2.24, 2.45) is 0 Å². The maximum atomic E-state index is 9.64. The topological polar surface area (TPSA) is 44.0 Å². The number of likely N-dealkylation sites (N-methyl/N-ethyl adjacent to an activating group) is 1. The average molecular weight is 280 g/mol. The number of aromatic nitrogens is 2. The van der Waals surface area contributed by atoms with Gasteiger partial charge in [0.1, 0.15) is 0 Å². The minimum Gasteiger partial charge on any atom is -0.390 e. The molecule has 3 heterocycles. The Hall–Kier alpha value is -1.11. The van der Waals surface area contributed by atoms with Crippen molar-refractivity contribution in [2.45, 2.75) is 26.0 Å². The second-order valence-corrected chi connectivity index (χ2v) is 5.96. The molecule has 1 atom stereocenters. The first-order valence-corrected chi connectivity index (χ1v) is 7.63. The van der Waals surface area contributed by atoms with Crippen LogP contribution in [0, 0.1) is 0 Å². The van der Waals surface area contributed by atoms with Gasteiger partial charge in [-0.1, -0.05) is 6.92 Å². The van der Waals surface area contributed by atoms with E-state index in [1.807, 2.05) is 16.0 Å². The van der Waals surface area contributed by atoms with Crippen molar-refractivity contribution in [3.8, 4) is 0 Å².